The second kappa shape index (κ2) is 5.96. The van der Waals surface area contributed by atoms with E-state index in [1.165, 1.54) is 6.92 Å². The van der Waals surface area contributed by atoms with Crippen LogP contribution in [0, 0.1) is 20.8 Å². The lowest BCUT2D eigenvalue weighted by atomic mass is 10.1. The fraction of sp³-hybridized carbons (Fsp3) is 0.278. The average Bonchev–Trinajstić information content (AvgIpc) is 3.01. The summed E-state index contributed by atoms with van der Waals surface area (Å²) < 4.78 is 8.43. The SMILES string of the molecule is CC(=O)c1ccc(-n2c(C)cn(Cc3c(C)noc3C)c2=O)cc1. The summed E-state index contributed by atoms with van der Waals surface area (Å²) in [5.74, 6) is 0.720. The Labute approximate surface area is 139 Å². The quantitative estimate of drug-likeness (QED) is 0.692. The predicted octanol–water partition coefficient (Wildman–Crippen LogP) is 2.80. The van der Waals surface area contributed by atoms with Crippen LogP contribution >= 0.6 is 0 Å². The Morgan fingerprint density at radius 2 is 1.83 bits per heavy atom. The van der Waals surface area contributed by atoms with E-state index in [0.717, 1.165) is 28.4 Å². The summed E-state index contributed by atoms with van der Waals surface area (Å²) in [4.78, 5) is 24.2. The van der Waals surface area contributed by atoms with Crippen LogP contribution in [0.1, 0.15) is 40.0 Å². The summed E-state index contributed by atoms with van der Waals surface area (Å²) in [5, 5.41) is 3.93. The maximum Gasteiger partial charge on any atom is 0.333 e. The zero-order valence-electron chi connectivity index (χ0n) is 14.2. The van der Waals surface area contributed by atoms with Gasteiger partial charge in [0.2, 0.25) is 0 Å². The highest BCUT2D eigenvalue weighted by atomic mass is 16.5. The monoisotopic (exact) mass is 325 g/mol. The van der Waals surface area contributed by atoms with Gasteiger partial charge < -0.3 is 4.52 Å². The minimum absolute atomic E-state index is 0.00148. The third-order valence-electron chi connectivity index (χ3n) is 4.17. The molecule has 0 amide bonds. The Kier molecular flexibility index (Phi) is 3.97. The van der Waals surface area contributed by atoms with Gasteiger partial charge in [-0.2, -0.15) is 0 Å². The van der Waals surface area contributed by atoms with Crippen molar-refractivity contribution in [3.8, 4) is 5.69 Å². The first-order chi connectivity index (χ1) is 11.4. The number of rotatable bonds is 4. The normalized spacial score (nSPS) is 11.0. The summed E-state index contributed by atoms with van der Waals surface area (Å²) in [6.45, 7) is 7.52. The van der Waals surface area contributed by atoms with Crippen molar-refractivity contribution in [2.45, 2.75) is 34.2 Å². The van der Waals surface area contributed by atoms with Gasteiger partial charge in [-0.3, -0.25) is 13.9 Å². The zero-order valence-corrected chi connectivity index (χ0v) is 14.2. The smallest absolute Gasteiger partial charge is 0.333 e. The lowest BCUT2D eigenvalue weighted by Crippen LogP contribution is -2.24. The van der Waals surface area contributed by atoms with Gasteiger partial charge in [0.05, 0.1) is 17.9 Å². The molecule has 0 radical (unpaired) electrons. The molecule has 0 unspecified atom stereocenters. The Balaban J connectivity index is 2.01. The van der Waals surface area contributed by atoms with Gasteiger partial charge >= 0.3 is 5.69 Å². The van der Waals surface area contributed by atoms with E-state index in [1.807, 2.05) is 27.0 Å². The minimum atomic E-state index is -0.136. The van der Waals surface area contributed by atoms with E-state index in [0.29, 0.717) is 12.1 Å². The molecule has 24 heavy (non-hydrogen) atoms. The molecule has 1 aromatic carbocycles. The number of hydrogen-bond acceptors (Lipinski definition) is 4. The van der Waals surface area contributed by atoms with Crippen LogP contribution in [0.15, 0.2) is 39.8 Å². The lowest BCUT2D eigenvalue weighted by Gasteiger charge is -2.05. The molecule has 0 atom stereocenters. The van der Waals surface area contributed by atoms with Crippen LogP contribution in [0.4, 0.5) is 0 Å². The summed E-state index contributed by atoms with van der Waals surface area (Å²) in [5.41, 5.74) is 3.75. The molecule has 124 valence electrons. The van der Waals surface area contributed by atoms with Crippen LogP contribution in [-0.2, 0) is 6.54 Å². The van der Waals surface area contributed by atoms with Crippen molar-refractivity contribution in [3.63, 3.8) is 0 Å². The fourth-order valence-corrected chi connectivity index (χ4v) is 2.79. The van der Waals surface area contributed by atoms with Crippen molar-refractivity contribution in [1.82, 2.24) is 14.3 Å². The van der Waals surface area contributed by atoms with Crippen LogP contribution < -0.4 is 5.69 Å². The van der Waals surface area contributed by atoms with Crippen LogP contribution in [0.2, 0.25) is 0 Å². The molecule has 0 fully saturated rings. The summed E-state index contributed by atoms with van der Waals surface area (Å²) in [6.07, 6.45) is 1.81. The third kappa shape index (κ3) is 2.71. The topological polar surface area (TPSA) is 70.0 Å². The highest BCUT2D eigenvalue weighted by molar-refractivity contribution is 5.94. The van der Waals surface area contributed by atoms with Gasteiger partial charge in [0.15, 0.2) is 5.78 Å². The molecule has 0 saturated carbocycles. The van der Waals surface area contributed by atoms with Crippen molar-refractivity contribution in [1.29, 1.82) is 0 Å². The van der Waals surface area contributed by atoms with Crippen LogP contribution in [-0.4, -0.2) is 20.1 Å². The molecule has 0 saturated heterocycles. The van der Waals surface area contributed by atoms with Gasteiger partial charge in [-0.25, -0.2) is 4.79 Å². The van der Waals surface area contributed by atoms with E-state index in [2.05, 4.69) is 5.16 Å². The maximum absolute atomic E-state index is 12.8. The Bertz CT molecular complexity index is 939. The van der Waals surface area contributed by atoms with Gasteiger partial charge in [-0.15, -0.1) is 0 Å². The van der Waals surface area contributed by atoms with Gasteiger partial charge in [0, 0.05) is 23.0 Å². The number of carbonyl (C=O) groups is 1. The van der Waals surface area contributed by atoms with Crippen molar-refractivity contribution >= 4 is 5.78 Å². The van der Waals surface area contributed by atoms with Gasteiger partial charge in [-0.05, 0) is 52.0 Å². The molecule has 2 aromatic heterocycles. The number of aryl methyl sites for hydroxylation is 3. The number of imidazole rings is 1. The third-order valence-corrected chi connectivity index (χ3v) is 4.17. The first kappa shape index (κ1) is 16.0. The van der Waals surface area contributed by atoms with E-state index < -0.39 is 0 Å². The summed E-state index contributed by atoms with van der Waals surface area (Å²) in [6, 6.07) is 7.03. The highest BCUT2D eigenvalue weighted by Gasteiger charge is 2.15. The zero-order chi connectivity index (χ0) is 17.4. The van der Waals surface area contributed by atoms with E-state index in [1.54, 1.807) is 33.4 Å². The number of hydrogen-bond donors (Lipinski definition) is 0. The number of benzene rings is 1. The minimum Gasteiger partial charge on any atom is -0.361 e. The van der Waals surface area contributed by atoms with Crippen molar-refractivity contribution in [2.24, 2.45) is 0 Å². The van der Waals surface area contributed by atoms with Crippen LogP contribution in [0.25, 0.3) is 5.69 Å². The fourth-order valence-electron chi connectivity index (χ4n) is 2.79. The van der Waals surface area contributed by atoms with E-state index in [-0.39, 0.29) is 11.5 Å². The average molecular weight is 325 g/mol. The molecule has 6 nitrogen and oxygen atoms in total. The number of Topliss-reactive ketones (excluding diaryl/α,β-unsaturated/α-hetero) is 1. The van der Waals surface area contributed by atoms with E-state index in [9.17, 15) is 9.59 Å². The van der Waals surface area contributed by atoms with E-state index in [4.69, 9.17) is 4.52 Å². The molecular weight excluding hydrogens is 306 g/mol. The van der Waals surface area contributed by atoms with Crippen molar-refractivity contribution in [3.05, 3.63) is 69.2 Å². The molecule has 0 aliphatic rings. The molecule has 3 aromatic rings. The second-order valence-corrected chi connectivity index (χ2v) is 5.92. The predicted molar refractivity (Wildman–Crippen MR) is 89.8 cm³/mol. The first-order valence-corrected chi connectivity index (χ1v) is 7.70. The molecule has 0 bridgehead atoms. The molecule has 3 rings (SSSR count). The van der Waals surface area contributed by atoms with Gasteiger partial charge in [0.1, 0.15) is 5.76 Å². The largest absolute Gasteiger partial charge is 0.361 e. The second-order valence-electron chi connectivity index (χ2n) is 5.92. The van der Waals surface area contributed by atoms with E-state index >= 15 is 0 Å². The Morgan fingerprint density at radius 1 is 1.17 bits per heavy atom. The maximum atomic E-state index is 12.8. The van der Waals surface area contributed by atoms with Crippen LogP contribution in [0.3, 0.4) is 0 Å². The molecule has 2 heterocycles. The van der Waals surface area contributed by atoms with Crippen LogP contribution in [0.5, 0.6) is 0 Å². The lowest BCUT2D eigenvalue weighted by molar-refractivity contribution is 0.101. The standard InChI is InChI=1S/C18H19N3O3/c1-11-9-20(10-17-12(2)19-24-14(17)4)18(23)21(11)16-7-5-15(6-8-16)13(3)22/h5-9H,10H2,1-4H3. The summed E-state index contributed by atoms with van der Waals surface area (Å²) in [7, 11) is 0. The van der Waals surface area contributed by atoms with Gasteiger partial charge in [0.25, 0.3) is 0 Å². The molecule has 0 aliphatic carbocycles. The molecule has 6 heteroatoms. The van der Waals surface area contributed by atoms with Crippen molar-refractivity contribution in [2.75, 3.05) is 0 Å². The number of aromatic nitrogens is 3. The highest BCUT2D eigenvalue weighted by Crippen LogP contribution is 2.15. The van der Waals surface area contributed by atoms with Gasteiger partial charge in [-0.1, -0.05) is 5.16 Å². The first-order valence-electron chi connectivity index (χ1n) is 7.70. The number of carbonyl (C=O) groups excluding carboxylic acids is 1. The molecule has 0 N–H and O–H groups in total. The number of nitrogens with zero attached hydrogens (tertiary/aromatic N) is 3. The molecular formula is C18H19N3O3. The molecule has 0 spiro atoms. The molecule has 0 aliphatic heterocycles. The Hall–Kier alpha value is -2.89. The Morgan fingerprint density at radius 3 is 2.38 bits per heavy atom. The summed E-state index contributed by atoms with van der Waals surface area (Å²) >= 11 is 0. The number of ketones is 1. The van der Waals surface area contributed by atoms with Crippen molar-refractivity contribution < 1.29 is 9.32 Å².